The maximum absolute atomic E-state index is 12.3. The van der Waals surface area contributed by atoms with Gasteiger partial charge in [-0.1, -0.05) is 0 Å². The van der Waals surface area contributed by atoms with Crippen LogP contribution in [0.3, 0.4) is 0 Å². The first-order valence-corrected chi connectivity index (χ1v) is 8.32. The van der Waals surface area contributed by atoms with Gasteiger partial charge in [-0.3, -0.25) is 0 Å². The van der Waals surface area contributed by atoms with E-state index in [4.69, 9.17) is 0 Å². The van der Waals surface area contributed by atoms with Gasteiger partial charge < -0.3 is 10.2 Å². The predicted octanol–water partition coefficient (Wildman–Crippen LogP) is 0.743. The lowest BCUT2D eigenvalue weighted by atomic mass is 9.98. The van der Waals surface area contributed by atoms with Crippen LogP contribution in [0.5, 0.6) is 0 Å². The number of piperidine rings is 1. The van der Waals surface area contributed by atoms with Gasteiger partial charge in [0, 0.05) is 19.8 Å². The number of nitrogens with zero attached hydrogens (tertiary/aromatic N) is 2. The van der Waals surface area contributed by atoms with Crippen LogP contribution in [0.1, 0.15) is 12.8 Å². The lowest BCUT2D eigenvalue weighted by molar-refractivity contribution is 0.220. The number of hydrogen-bond donors (Lipinski definition) is 2. The zero-order chi connectivity index (χ0) is 14.6. The molecule has 2 rings (SSSR count). The first-order valence-electron chi connectivity index (χ1n) is 6.84. The van der Waals surface area contributed by atoms with Gasteiger partial charge in [-0.05, 0) is 51.0 Å². The molecule has 1 aliphatic rings. The van der Waals surface area contributed by atoms with E-state index in [0.29, 0.717) is 18.3 Å². The van der Waals surface area contributed by atoms with Gasteiger partial charge in [0.2, 0.25) is 10.0 Å². The molecule has 112 valence electrons. The molecule has 0 aliphatic carbocycles. The fourth-order valence-electron chi connectivity index (χ4n) is 2.37. The van der Waals surface area contributed by atoms with Crippen LogP contribution in [0.25, 0.3) is 0 Å². The van der Waals surface area contributed by atoms with Gasteiger partial charge in [0.05, 0.1) is 0 Å². The summed E-state index contributed by atoms with van der Waals surface area (Å²) in [5.41, 5.74) is 0. The number of nitrogens with one attached hydrogen (secondary N) is 2. The van der Waals surface area contributed by atoms with E-state index in [1.54, 1.807) is 25.4 Å². The van der Waals surface area contributed by atoms with Crippen molar-refractivity contribution in [3.8, 4) is 0 Å². The number of rotatable bonds is 5. The van der Waals surface area contributed by atoms with Gasteiger partial charge >= 0.3 is 0 Å². The van der Waals surface area contributed by atoms with E-state index in [0.717, 1.165) is 25.9 Å². The second-order valence-electron chi connectivity index (χ2n) is 5.20. The second kappa shape index (κ2) is 6.51. The fraction of sp³-hybridized carbons (Fsp3) is 0.615. The van der Waals surface area contributed by atoms with E-state index in [-0.39, 0.29) is 4.90 Å². The van der Waals surface area contributed by atoms with Crippen molar-refractivity contribution in [3.05, 3.63) is 18.3 Å². The minimum Gasteiger partial charge on any atom is -0.372 e. The number of pyridine rings is 1. The first kappa shape index (κ1) is 15.2. The van der Waals surface area contributed by atoms with Crippen LogP contribution in [0, 0.1) is 5.92 Å². The Morgan fingerprint density at radius 3 is 2.75 bits per heavy atom. The van der Waals surface area contributed by atoms with Gasteiger partial charge in [-0.25, -0.2) is 18.1 Å². The second-order valence-corrected chi connectivity index (χ2v) is 6.93. The van der Waals surface area contributed by atoms with Crippen LogP contribution in [0.15, 0.2) is 23.2 Å². The summed E-state index contributed by atoms with van der Waals surface area (Å²) in [4.78, 5) is 6.50. The third-order valence-electron chi connectivity index (χ3n) is 3.70. The van der Waals surface area contributed by atoms with E-state index in [9.17, 15) is 8.42 Å². The van der Waals surface area contributed by atoms with Crippen molar-refractivity contribution < 1.29 is 8.42 Å². The molecular weight excluding hydrogens is 276 g/mol. The Balaban J connectivity index is 2.00. The van der Waals surface area contributed by atoms with Gasteiger partial charge in [0.15, 0.2) is 0 Å². The molecule has 2 N–H and O–H groups in total. The number of anilines is 1. The molecule has 2 heterocycles. The average Bonchev–Trinajstić information content (AvgIpc) is 2.46. The monoisotopic (exact) mass is 298 g/mol. The van der Waals surface area contributed by atoms with Crippen molar-refractivity contribution in [2.75, 3.05) is 39.0 Å². The molecule has 1 aliphatic heterocycles. The lowest BCUT2D eigenvalue weighted by Crippen LogP contribution is -2.37. The Bertz CT molecular complexity index is 539. The number of aromatic nitrogens is 1. The molecule has 1 saturated heterocycles. The SMILES string of the molecule is CNc1ncccc1S(=O)(=O)NCC1CCN(C)CC1. The predicted molar refractivity (Wildman–Crippen MR) is 79.2 cm³/mol. The zero-order valence-corrected chi connectivity index (χ0v) is 12.8. The normalized spacial score (nSPS) is 18.1. The molecule has 0 radical (unpaired) electrons. The van der Waals surface area contributed by atoms with E-state index >= 15 is 0 Å². The summed E-state index contributed by atoms with van der Waals surface area (Å²) in [7, 11) is 0.253. The highest BCUT2D eigenvalue weighted by Gasteiger charge is 2.22. The summed E-state index contributed by atoms with van der Waals surface area (Å²) < 4.78 is 27.3. The first-order chi connectivity index (χ1) is 9.53. The molecule has 0 aromatic carbocycles. The van der Waals surface area contributed by atoms with E-state index in [1.165, 1.54) is 0 Å². The molecule has 1 aromatic rings. The standard InChI is InChI=1S/C13H22N4O2S/c1-14-13-12(4-3-7-15-13)20(18,19)16-10-11-5-8-17(2)9-6-11/h3-4,7,11,16H,5-6,8-10H2,1-2H3,(H,14,15). The molecule has 1 aromatic heterocycles. The van der Waals surface area contributed by atoms with E-state index in [2.05, 4.69) is 27.0 Å². The molecule has 1 fully saturated rings. The van der Waals surface area contributed by atoms with Gasteiger partial charge in [-0.15, -0.1) is 0 Å². The number of hydrogen-bond acceptors (Lipinski definition) is 5. The van der Waals surface area contributed by atoms with Crippen molar-refractivity contribution in [1.82, 2.24) is 14.6 Å². The highest BCUT2D eigenvalue weighted by molar-refractivity contribution is 7.89. The maximum atomic E-state index is 12.3. The summed E-state index contributed by atoms with van der Waals surface area (Å²) in [6.45, 7) is 2.55. The van der Waals surface area contributed by atoms with E-state index in [1.807, 2.05) is 0 Å². The van der Waals surface area contributed by atoms with Crippen molar-refractivity contribution in [1.29, 1.82) is 0 Å². The summed E-state index contributed by atoms with van der Waals surface area (Å²) in [6.07, 6.45) is 3.64. The number of likely N-dealkylation sites (tertiary alicyclic amines) is 1. The Morgan fingerprint density at radius 2 is 2.10 bits per heavy atom. The van der Waals surface area contributed by atoms with Gasteiger partial charge in [-0.2, -0.15) is 0 Å². The molecule has 0 spiro atoms. The highest BCUT2D eigenvalue weighted by Crippen LogP contribution is 2.19. The van der Waals surface area contributed by atoms with Crippen LogP contribution in [-0.2, 0) is 10.0 Å². The summed E-state index contributed by atoms with van der Waals surface area (Å²) in [6, 6.07) is 3.20. The van der Waals surface area contributed by atoms with Crippen LogP contribution >= 0.6 is 0 Å². The zero-order valence-electron chi connectivity index (χ0n) is 12.0. The Morgan fingerprint density at radius 1 is 1.40 bits per heavy atom. The minimum absolute atomic E-state index is 0.204. The van der Waals surface area contributed by atoms with Crippen LogP contribution < -0.4 is 10.0 Å². The fourth-order valence-corrected chi connectivity index (χ4v) is 3.64. The lowest BCUT2D eigenvalue weighted by Gasteiger charge is -2.28. The van der Waals surface area contributed by atoms with Gasteiger partial charge in [0.25, 0.3) is 0 Å². The molecule has 0 saturated carbocycles. The largest absolute Gasteiger partial charge is 0.372 e. The molecule has 0 bridgehead atoms. The van der Waals surface area contributed by atoms with E-state index < -0.39 is 10.0 Å². The van der Waals surface area contributed by atoms with Crippen molar-refractivity contribution in [2.45, 2.75) is 17.7 Å². The Labute approximate surface area is 120 Å². The molecule has 0 amide bonds. The maximum Gasteiger partial charge on any atom is 0.244 e. The van der Waals surface area contributed by atoms with Crippen molar-refractivity contribution >= 4 is 15.8 Å². The molecule has 0 atom stereocenters. The molecular formula is C13H22N4O2S. The summed E-state index contributed by atoms with van der Waals surface area (Å²) in [5, 5.41) is 2.81. The Hall–Kier alpha value is -1.18. The van der Waals surface area contributed by atoms with Crippen LogP contribution in [0.4, 0.5) is 5.82 Å². The molecule has 20 heavy (non-hydrogen) atoms. The smallest absolute Gasteiger partial charge is 0.244 e. The Kier molecular flexibility index (Phi) is 4.95. The average molecular weight is 298 g/mol. The van der Waals surface area contributed by atoms with Crippen molar-refractivity contribution in [2.24, 2.45) is 5.92 Å². The molecule has 0 unspecified atom stereocenters. The molecule has 7 heteroatoms. The van der Waals surface area contributed by atoms with Crippen LogP contribution in [0.2, 0.25) is 0 Å². The third-order valence-corrected chi connectivity index (χ3v) is 5.15. The topological polar surface area (TPSA) is 74.3 Å². The highest BCUT2D eigenvalue weighted by atomic mass is 32.2. The summed E-state index contributed by atoms with van der Waals surface area (Å²) >= 11 is 0. The van der Waals surface area contributed by atoms with Crippen LogP contribution in [-0.4, -0.2) is 52.0 Å². The minimum atomic E-state index is -3.50. The number of sulfonamides is 1. The quantitative estimate of drug-likeness (QED) is 0.839. The molecule has 6 nitrogen and oxygen atoms in total. The van der Waals surface area contributed by atoms with Crippen molar-refractivity contribution in [3.63, 3.8) is 0 Å². The summed E-state index contributed by atoms with van der Waals surface area (Å²) in [5.74, 6) is 0.791. The van der Waals surface area contributed by atoms with Gasteiger partial charge in [0.1, 0.15) is 10.7 Å². The third kappa shape index (κ3) is 3.68.